The molecule has 0 spiro atoms. The summed E-state index contributed by atoms with van der Waals surface area (Å²) < 4.78 is 40.0. The van der Waals surface area contributed by atoms with E-state index in [0.717, 1.165) is 12.1 Å². The zero-order valence-electron chi connectivity index (χ0n) is 10.5. The summed E-state index contributed by atoms with van der Waals surface area (Å²) in [5, 5.41) is 8.97. The Morgan fingerprint density at radius 2 is 2.00 bits per heavy atom. The third-order valence-electron chi connectivity index (χ3n) is 2.48. The molecule has 1 atom stereocenters. The summed E-state index contributed by atoms with van der Waals surface area (Å²) in [5.41, 5.74) is 0. The van der Waals surface area contributed by atoms with Crippen LogP contribution >= 0.6 is 27.5 Å². The molecule has 0 bridgehead atoms. The Morgan fingerprint density at radius 1 is 1.45 bits per heavy atom. The van der Waals surface area contributed by atoms with Crippen molar-refractivity contribution in [2.45, 2.75) is 24.8 Å². The van der Waals surface area contributed by atoms with E-state index >= 15 is 0 Å². The number of carboxylic acids is 1. The first kappa shape index (κ1) is 17.4. The van der Waals surface area contributed by atoms with Crippen molar-refractivity contribution < 1.29 is 22.7 Å². The maximum atomic E-state index is 13.7. The number of sulfonamides is 1. The van der Waals surface area contributed by atoms with Crippen LogP contribution in [0.25, 0.3) is 0 Å². The highest BCUT2D eigenvalue weighted by Crippen LogP contribution is 2.28. The van der Waals surface area contributed by atoms with Crippen LogP contribution < -0.4 is 4.72 Å². The zero-order valence-corrected chi connectivity index (χ0v) is 13.7. The average molecular weight is 389 g/mol. The number of halogens is 3. The van der Waals surface area contributed by atoms with E-state index < -0.39 is 38.7 Å². The van der Waals surface area contributed by atoms with Gasteiger partial charge in [-0.05, 0) is 34.0 Å². The van der Waals surface area contributed by atoms with Crippen LogP contribution in [-0.2, 0) is 14.8 Å². The van der Waals surface area contributed by atoms with Gasteiger partial charge in [-0.15, -0.1) is 0 Å². The maximum absolute atomic E-state index is 13.7. The topological polar surface area (TPSA) is 83.5 Å². The minimum absolute atomic E-state index is 0.00296. The lowest BCUT2D eigenvalue weighted by molar-refractivity contribution is -0.140. The SMILES string of the molecule is CC(C)[C@H](NS(=O)(=O)c1cc(Cl)c(Br)cc1F)C(=O)O. The molecule has 1 aromatic rings. The molecule has 0 aliphatic carbocycles. The van der Waals surface area contributed by atoms with Gasteiger partial charge in [0.25, 0.3) is 0 Å². The van der Waals surface area contributed by atoms with Gasteiger partial charge in [0.1, 0.15) is 16.8 Å². The lowest BCUT2D eigenvalue weighted by Gasteiger charge is -2.18. The monoisotopic (exact) mass is 387 g/mol. The van der Waals surface area contributed by atoms with Gasteiger partial charge in [0.2, 0.25) is 10.0 Å². The third-order valence-corrected chi connectivity index (χ3v) is 5.13. The Balaban J connectivity index is 3.24. The van der Waals surface area contributed by atoms with Crippen molar-refractivity contribution in [1.82, 2.24) is 4.72 Å². The van der Waals surface area contributed by atoms with E-state index in [9.17, 15) is 17.6 Å². The number of hydrogen-bond acceptors (Lipinski definition) is 3. The van der Waals surface area contributed by atoms with Gasteiger partial charge in [-0.3, -0.25) is 4.79 Å². The van der Waals surface area contributed by atoms with Crippen LogP contribution in [0, 0.1) is 11.7 Å². The molecule has 9 heteroatoms. The summed E-state index contributed by atoms with van der Waals surface area (Å²) in [7, 11) is -4.33. The highest BCUT2D eigenvalue weighted by atomic mass is 79.9. The van der Waals surface area contributed by atoms with Crippen LogP contribution in [0.15, 0.2) is 21.5 Å². The second-order valence-corrected chi connectivity index (χ2v) is 7.32. The normalized spacial score (nSPS) is 13.5. The molecule has 0 radical (unpaired) electrons. The van der Waals surface area contributed by atoms with E-state index in [4.69, 9.17) is 16.7 Å². The van der Waals surface area contributed by atoms with Crippen molar-refractivity contribution in [3.05, 3.63) is 27.4 Å². The number of hydrogen-bond donors (Lipinski definition) is 2. The van der Waals surface area contributed by atoms with Crippen LogP contribution in [0.1, 0.15) is 13.8 Å². The highest BCUT2D eigenvalue weighted by Gasteiger charge is 2.30. The van der Waals surface area contributed by atoms with Gasteiger partial charge in [-0.25, -0.2) is 12.8 Å². The van der Waals surface area contributed by atoms with Gasteiger partial charge in [-0.1, -0.05) is 25.4 Å². The predicted octanol–water partition coefficient (Wildman–Crippen LogP) is 2.63. The molecular formula is C11H12BrClFNO4S. The Labute approximate surface area is 129 Å². The van der Waals surface area contributed by atoms with Gasteiger partial charge in [0.05, 0.1) is 5.02 Å². The van der Waals surface area contributed by atoms with Crippen molar-refractivity contribution in [1.29, 1.82) is 0 Å². The minimum Gasteiger partial charge on any atom is -0.480 e. The molecule has 112 valence electrons. The maximum Gasteiger partial charge on any atom is 0.322 e. The highest BCUT2D eigenvalue weighted by molar-refractivity contribution is 9.10. The second kappa shape index (κ2) is 6.38. The van der Waals surface area contributed by atoms with Crippen LogP contribution in [0.2, 0.25) is 5.02 Å². The molecular weight excluding hydrogens is 377 g/mol. The van der Waals surface area contributed by atoms with Crippen molar-refractivity contribution >= 4 is 43.5 Å². The smallest absolute Gasteiger partial charge is 0.322 e. The van der Waals surface area contributed by atoms with Crippen LogP contribution in [0.5, 0.6) is 0 Å². The summed E-state index contributed by atoms with van der Waals surface area (Å²) in [4.78, 5) is 10.3. The predicted molar refractivity (Wildman–Crippen MR) is 75.7 cm³/mol. The molecule has 0 aromatic heterocycles. The summed E-state index contributed by atoms with van der Waals surface area (Å²) in [6, 6.07) is 0.465. The molecule has 20 heavy (non-hydrogen) atoms. The van der Waals surface area contributed by atoms with Crippen LogP contribution in [-0.4, -0.2) is 25.5 Å². The minimum atomic E-state index is -4.33. The Kier molecular flexibility index (Phi) is 5.54. The van der Waals surface area contributed by atoms with E-state index in [-0.39, 0.29) is 9.50 Å². The molecule has 0 unspecified atom stereocenters. The van der Waals surface area contributed by atoms with Gasteiger partial charge in [0.15, 0.2) is 0 Å². The molecule has 0 aliphatic rings. The van der Waals surface area contributed by atoms with E-state index in [1.54, 1.807) is 0 Å². The number of nitrogens with one attached hydrogen (secondary N) is 1. The molecule has 2 N–H and O–H groups in total. The number of benzene rings is 1. The summed E-state index contributed by atoms with van der Waals surface area (Å²) in [6.45, 7) is 3.07. The van der Waals surface area contributed by atoms with E-state index in [1.807, 2.05) is 4.72 Å². The van der Waals surface area contributed by atoms with E-state index in [2.05, 4.69) is 15.9 Å². The second-order valence-electron chi connectivity index (χ2n) is 4.38. The van der Waals surface area contributed by atoms with Crippen LogP contribution in [0.4, 0.5) is 4.39 Å². The molecule has 1 rings (SSSR count). The van der Waals surface area contributed by atoms with Gasteiger partial charge >= 0.3 is 5.97 Å². The number of aliphatic carboxylic acids is 1. The summed E-state index contributed by atoms with van der Waals surface area (Å²) in [6.07, 6.45) is 0. The molecule has 5 nitrogen and oxygen atoms in total. The van der Waals surface area contributed by atoms with Gasteiger partial charge in [-0.2, -0.15) is 4.72 Å². The molecule has 0 heterocycles. The van der Waals surface area contributed by atoms with Crippen molar-refractivity contribution in [3.63, 3.8) is 0 Å². The Morgan fingerprint density at radius 3 is 2.45 bits per heavy atom. The summed E-state index contributed by atoms with van der Waals surface area (Å²) >= 11 is 8.69. The Hall–Kier alpha value is -0.700. The zero-order chi connectivity index (χ0) is 15.7. The van der Waals surface area contributed by atoms with Gasteiger partial charge in [0, 0.05) is 4.47 Å². The molecule has 0 fully saturated rings. The number of carbonyl (C=O) groups is 1. The van der Waals surface area contributed by atoms with Crippen molar-refractivity contribution in [2.24, 2.45) is 5.92 Å². The van der Waals surface area contributed by atoms with Gasteiger partial charge < -0.3 is 5.11 Å². The molecule has 1 aromatic carbocycles. The number of rotatable bonds is 5. The molecule has 0 saturated heterocycles. The molecule has 0 aliphatic heterocycles. The quantitative estimate of drug-likeness (QED) is 0.760. The van der Waals surface area contributed by atoms with Crippen molar-refractivity contribution in [2.75, 3.05) is 0 Å². The van der Waals surface area contributed by atoms with Crippen molar-refractivity contribution in [3.8, 4) is 0 Å². The van der Waals surface area contributed by atoms with E-state index in [0.29, 0.717) is 0 Å². The first-order valence-corrected chi connectivity index (χ1v) is 8.11. The average Bonchev–Trinajstić information content (AvgIpc) is 2.30. The largest absolute Gasteiger partial charge is 0.480 e. The first-order chi connectivity index (χ1) is 9.06. The fourth-order valence-corrected chi connectivity index (χ4v) is 3.38. The first-order valence-electron chi connectivity index (χ1n) is 5.46. The van der Waals surface area contributed by atoms with E-state index in [1.165, 1.54) is 13.8 Å². The Bertz CT molecular complexity index is 636. The third kappa shape index (κ3) is 3.91. The fraction of sp³-hybridized carbons (Fsp3) is 0.364. The standard InChI is InChI=1S/C11H12BrClFNO4S/c1-5(2)10(11(16)17)15-20(18,19)9-4-7(13)6(12)3-8(9)14/h3-5,10,15H,1-2H3,(H,16,17)/t10-/m0/s1. The lowest BCUT2D eigenvalue weighted by Crippen LogP contribution is -2.44. The summed E-state index contributed by atoms with van der Waals surface area (Å²) in [5.74, 6) is -2.87. The fourth-order valence-electron chi connectivity index (χ4n) is 1.41. The number of carboxylic acid groups (broad SMARTS) is 1. The lowest BCUT2D eigenvalue weighted by atomic mass is 10.1. The molecule has 0 saturated carbocycles. The molecule has 0 amide bonds. The van der Waals surface area contributed by atoms with Crippen LogP contribution in [0.3, 0.4) is 0 Å².